The molecule has 0 atom stereocenters. The van der Waals surface area contributed by atoms with Crippen LogP contribution in [0.2, 0.25) is 0 Å². The van der Waals surface area contributed by atoms with E-state index >= 15 is 0 Å². The Morgan fingerprint density at radius 3 is 1.33 bits per heavy atom. The van der Waals surface area contributed by atoms with Crippen LogP contribution in [-0.2, 0) is 26.2 Å². The first-order chi connectivity index (χ1) is 5.63. The summed E-state index contributed by atoms with van der Waals surface area (Å²) in [6.45, 7) is 0. The number of carboxylic acids is 2. The molecule has 0 aliphatic rings. The van der Waals surface area contributed by atoms with Gasteiger partial charge in [-0.05, 0) is 12.1 Å². The van der Waals surface area contributed by atoms with Crippen molar-refractivity contribution in [2.45, 2.75) is 0 Å². The fourth-order valence-electron chi connectivity index (χ4n) is 0.856. The zero-order valence-corrected chi connectivity index (χ0v) is 11.0. The van der Waals surface area contributed by atoms with Crippen molar-refractivity contribution in [2.75, 3.05) is 0 Å². The van der Waals surface area contributed by atoms with Gasteiger partial charge < -0.3 is 25.1 Å². The number of hydrogen-bond acceptors (Lipinski definition) is 2. The van der Waals surface area contributed by atoms with Crippen LogP contribution in [0.1, 0.15) is 20.7 Å². The zero-order chi connectivity index (χ0) is 9.14. The molecule has 1 aromatic rings. The standard InChI is InChI=1S/C8H6O4.2CH3.Zr/c9-7(10)5-3-1-2-4-6(5)8(11)12;;;/h1-4H,(H,9,10)(H,11,12);2*1H3;/q;2*-1;+2. The molecular formula is C10H12O4Zr. The average molecular weight is 287 g/mol. The second kappa shape index (κ2) is 8.36. The van der Waals surface area contributed by atoms with Gasteiger partial charge in [-0.1, -0.05) is 12.1 Å². The van der Waals surface area contributed by atoms with Gasteiger partial charge in [0.2, 0.25) is 0 Å². The molecule has 15 heavy (non-hydrogen) atoms. The van der Waals surface area contributed by atoms with E-state index in [1.54, 1.807) is 0 Å². The summed E-state index contributed by atoms with van der Waals surface area (Å²) >= 11 is 0. The van der Waals surface area contributed by atoms with Gasteiger partial charge in [0.25, 0.3) is 0 Å². The van der Waals surface area contributed by atoms with E-state index in [2.05, 4.69) is 0 Å². The Hall–Kier alpha value is -0.957. The molecule has 5 heteroatoms. The van der Waals surface area contributed by atoms with Crippen molar-refractivity contribution in [1.82, 2.24) is 0 Å². The summed E-state index contributed by atoms with van der Waals surface area (Å²) in [7, 11) is 0. The minimum absolute atomic E-state index is 0. The molecule has 0 saturated heterocycles. The molecular weight excluding hydrogens is 275 g/mol. The van der Waals surface area contributed by atoms with Crippen LogP contribution in [0.3, 0.4) is 0 Å². The van der Waals surface area contributed by atoms with Gasteiger partial charge in [0.15, 0.2) is 0 Å². The van der Waals surface area contributed by atoms with Gasteiger partial charge in [-0.3, -0.25) is 0 Å². The molecule has 0 aliphatic carbocycles. The summed E-state index contributed by atoms with van der Waals surface area (Å²) in [6, 6.07) is 5.48. The van der Waals surface area contributed by atoms with E-state index in [9.17, 15) is 9.59 Å². The number of carbonyl (C=O) groups is 2. The van der Waals surface area contributed by atoms with E-state index in [0.717, 1.165) is 0 Å². The maximum atomic E-state index is 10.5. The Kier molecular flexibility index (Phi) is 10.9. The fraction of sp³-hybridized carbons (Fsp3) is 0. The van der Waals surface area contributed by atoms with Crippen LogP contribution in [0.15, 0.2) is 24.3 Å². The van der Waals surface area contributed by atoms with Gasteiger partial charge in [0.05, 0.1) is 11.1 Å². The second-order valence-electron chi connectivity index (χ2n) is 2.16. The summed E-state index contributed by atoms with van der Waals surface area (Å²) in [5.74, 6) is -2.46. The number of rotatable bonds is 2. The molecule has 0 radical (unpaired) electrons. The summed E-state index contributed by atoms with van der Waals surface area (Å²) in [6.07, 6.45) is 0. The Morgan fingerprint density at radius 1 is 0.867 bits per heavy atom. The molecule has 0 amide bonds. The summed E-state index contributed by atoms with van der Waals surface area (Å²) in [5.41, 5.74) is -0.380. The van der Waals surface area contributed by atoms with Crippen LogP contribution in [0.4, 0.5) is 0 Å². The summed E-state index contributed by atoms with van der Waals surface area (Å²) in [5, 5.41) is 17.1. The van der Waals surface area contributed by atoms with Crippen molar-refractivity contribution in [3.8, 4) is 0 Å². The minimum Gasteiger partial charge on any atom is -0.478 e. The molecule has 0 saturated carbocycles. The van der Waals surface area contributed by atoms with Crippen molar-refractivity contribution >= 4 is 11.9 Å². The third-order valence-electron chi connectivity index (χ3n) is 1.39. The SMILES string of the molecule is O=C(O)c1ccccc1C(=O)O.[CH3-].[CH3-].[Zr+2]. The van der Waals surface area contributed by atoms with Gasteiger partial charge in [0.1, 0.15) is 0 Å². The van der Waals surface area contributed by atoms with Gasteiger partial charge in [-0.15, -0.1) is 0 Å². The number of benzene rings is 1. The molecule has 80 valence electrons. The van der Waals surface area contributed by atoms with E-state index in [0.29, 0.717) is 0 Å². The maximum absolute atomic E-state index is 10.5. The van der Waals surface area contributed by atoms with Crippen LogP contribution >= 0.6 is 0 Å². The van der Waals surface area contributed by atoms with Crippen LogP contribution in [0.5, 0.6) is 0 Å². The van der Waals surface area contributed by atoms with Crippen molar-refractivity contribution in [1.29, 1.82) is 0 Å². The zero-order valence-electron chi connectivity index (χ0n) is 8.52. The molecule has 2 N–H and O–H groups in total. The van der Waals surface area contributed by atoms with Gasteiger partial charge in [-0.25, -0.2) is 9.59 Å². The van der Waals surface area contributed by atoms with E-state index in [4.69, 9.17) is 10.2 Å². The molecule has 1 aromatic carbocycles. The molecule has 0 heterocycles. The molecule has 0 aliphatic heterocycles. The number of hydrogen-bond donors (Lipinski definition) is 2. The normalized spacial score (nSPS) is 7.47. The Balaban J connectivity index is -0.000000480. The minimum atomic E-state index is -1.23. The molecule has 0 unspecified atom stereocenters. The van der Waals surface area contributed by atoms with Crippen LogP contribution in [0, 0.1) is 14.9 Å². The third kappa shape index (κ3) is 4.89. The summed E-state index contributed by atoms with van der Waals surface area (Å²) in [4.78, 5) is 20.9. The van der Waals surface area contributed by atoms with Crippen molar-refractivity contribution in [2.24, 2.45) is 0 Å². The van der Waals surface area contributed by atoms with Gasteiger partial charge in [-0.2, -0.15) is 0 Å². The average Bonchev–Trinajstić information content (AvgIpc) is 2.04. The van der Waals surface area contributed by atoms with Gasteiger partial charge >= 0.3 is 38.1 Å². The number of aromatic carboxylic acids is 2. The van der Waals surface area contributed by atoms with E-state index in [1.807, 2.05) is 0 Å². The van der Waals surface area contributed by atoms with Crippen LogP contribution in [-0.4, -0.2) is 22.2 Å². The van der Waals surface area contributed by atoms with Crippen LogP contribution in [0.25, 0.3) is 0 Å². The molecule has 0 bridgehead atoms. The topological polar surface area (TPSA) is 74.6 Å². The monoisotopic (exact) mass is 286 g/mol. The van der Waals surface area contributed by atoms with Crippen LogP contribution < -0.4 is 0 Å². The molecule has 1 rings (SSSR count). The third-order valence-corrected chi connectivity index (χ3v) is 1.39. The van der Waals surface area contributed by atoms with Crippen molar-refractivity contribution < 1.29 is 46.0 Å². The molecule has 0 aromatic heterocycles. The maximum Gasteiger partial charge on any atom is 2.00 e. The van der Waals surface area contributed by atoms with E-state index in [-0.39, 0.29) is 52.2 Å². The van der Waals surface area contributed by atoms with Crippen molar-refractivity contribution in [3.63, 3.8) is 0 Å². The molecule has 0 fully saturated rings. The Labute approximate surface area is 108 Å². The smallest absolute Gasteiger partial charge is 0.478 e. The second-order valence-corrected chi connectivity index (χ2v) is 2.16. The van der Waals surface area contributed by atoms with Crippen molar-refractivity contribution in [3.05, 3.63) is 50.2 Å². The number of carboxylic acid groups (broad SMARTS) is 2. The van der Waals surface area contributed by atoms with E-state index in [1.165, 1.54) is 24.3 Å². The Bertz CT molecular complexity index is 303. The molecule has 0 spiro atoms. The van der Waals surface area contributed by atoms with Gasteiger partial charge in [0, 0.05) is 0 Å². The van der Waals surface area contributed by atoms with E-state index < -0.39 is 11.9 Å². The Morgan fingerprint density at radius 2 is 1.13 bits per heavy atom. The first-order valence-corrected chi connectivity index (χ1v) is 3.18. The quantitative estimate of drug-likeness (QED) is 0.816. The predicted octanol–water partition coefficient (Wildman–Crippen LogP) is 1.98. The largest absolute Gasteiger partial charge is 2.00 e. The summed E-state index contributed by atoms with van der Waals surface area (Å²) < 4.78 is 0. The molecule has 4 nitrogen and oxygen atoms in total. The fourth-order valence-corrected chi connectivity index (χ4v) is 0.856. The first-order valence-electron chi connectivity index (χ1n) is 3.18. The first kappa shape index (κ1) is 19.6. The predicted molar refractivity (Wildman–Crippen MR) is 53.2 cm³/mol.